The highest BCUT2D eigenvalue weighted by Crippen LogP contribution is 2.08. The first-order valence-corrected chi connectivity index (χ1v) is 6.48. The average molecular weight is 220 g/mol. The van der Waals surface area contributed by atoms with Crippen molar-refractivity contribution in [2.75, 3.05) is 19.5 Å². The van der Waals surface area contributed by atoms with Gasteiger partial charge >= 0.3 is 0 Å². The van der Waals surface area contributed by atoms with Gasteiger partial charge in [-0.3, -0.25) is 8.78 Å². The van der Waals surface area contributed by atoms with Crippen LogP contribution in [0, 0.1) is 0 Å². The minimum atomic E-state index is -3.33. The second kappa shape index (κ2) is 5.16. The summed E-state index contributed by atoms with van der Waals surface area (Å²) in [7, 11) is -3.33. The van der Waals surface area contributed by atoms with Crippen LogP contribution in [0.15, 0.2) is 30.3 Å². The van der Waals surface area contributed by atoms with E-state index in [1.165, 1.54) is 0 Å². The molecule has 0 aliphatic heterocycles. The molecular weight excluding hydrogens is 209 g/mol. The summed E-state index contributed by atoms with van der Waals surface area (Å²) in [5, 5.41) is 0.447. The molecule has 0 atom stereocenters. The third kappa shape index (κ3) is 2.16. The van der Waals surface area contributed by atoms with E-state index >= 15 is 0 Å². The second-order valence-corrected chi connectivity index (χ2v) is 6.27. The van der Waals surface area contributed by atoms with E-state index in [2.05, 4.69) is 4.43 Å². The topological polar surface area (TPSA) is 9.23 Å². The molecular formula is C9H11F3OSi. The van der Waals surface area contributed by atoms with Gasteiger partial charge in [-0.05, 0) is 5.19 Å². The van der Waals surface area contributed by atoms with Crippen LogP contribution >= 0.6 is 0 Å². The maximum Gasteiger partial charge on any atom is 0.288 e. The highest BCUT2D eigenvalue weighted by Gasteiger charge is 2.38. The fourth-order valence-electron chi connectivity index (χ4n) is 1.20. The molecule has 1 nitrogen and oxygen atoms in total. The van der Waals surface area contributed by atoms with Gasteiger partial charge in [-0.25, -0.2) is 4.39 Å². The zero-order chi connectivity index (χ0) is 10.4. The van der Waals surface area contributed by atoms with Crippen LogP contribution in [0.1, 0.15) is 0 Å². The molecule has 0 saturated carbocycles. The Balaban J connectivity index is 2.98. The lowest BCUT2D eigenvalue weighted by Gasteiger charge is -2.23. The highest BCUT2D eigenvalue weighted by molar-refractivity contribution is 6.86. The number of alkyl halides is 3. The van der Waals surface area contributed by atoms with E-state index in [1.54, 1.807) is 30.3 Å². The molecule has 1 aromatic carbocycles. The lowest BCUT2D eigenvalue weighted by atomic mass is 10.4. The maximum atomic E-state index is 12.7. The summed E-state index contributed by atoms with van der Waals surface area (Å²) in [6, 6.07) is 8.19. The van der Waals surface area contributed by atoms with Crippen molar-refractivity contribution in [3.63, 3.8) is 0 Å². The minimum absolute atomic E-state index is 0.447. The first-order chi connectivity index (χ1) is 6.79. The van der Waals surface area contributed by atoms with Crippen LogP contribution in [0.3, 0.4) is 0 Å². The van der Waals surface area contributed by atoms with Crippen LogP contribution in [0.25, 0.3) is 0 Å². The SMILES string of the molecule is FCO[Si](CF)(CF)c1ccccc1. The Morgan fingerprint density at radius 2 is 1.57 bits per heavy atom. The molecule has 0 N–H and O–H groups in total. The summed E-state index contributed by atoms with van der Waals surface area (Å²) >= 11 is 0. The van der Waals surface area contributed by atoms with Crippen LogP contribution in [-0.4, -0.2) is 27.8 Å². The number of benzene rings is 1. The number of rotatable bonds is 5. The molecule has 1 rings (SSSR count). The van der Waals surface area contributed by atoms with Gasteiger partial charge in [-0.1, -0.05) is 30.3 Å². The summed E-state index contributed by atoms with van der Waals surface area (Å²) in [5.41, 5.74) is 0. The lowest BCUT2D eigenvalue weighted by Crippen LogP contribution is -2.56. The molecule has 0 aliphatic carbocycles. The van der Waals surface area contributed by atoms with Gasteiger partial charge in [0.2, 0.25) is 0 Å². The van der Waals surface area contributed by atoms with Gasteiger partial charge in [-0.2, -0.15) is 0 Å². The molecule has 5 heteroatoms. The quantitative estimate of drug-likeness (QED) is 0.687. The predicted molar refractivity (Wildman–Crippen MR) is 50.8 cm³/mol. The molecule has 78 valence electrons. The smallest absolute Gasteiger partial charge is 0.288 e. The zero-order valence-corrected chi connectivity index (χ0v) is 8.55. The van der Waals surface area contributed by atoms with Crippen LogP contribution in [0.5, 0.6) is 0 Å². The standard InChI is InChI=1S/C9H11F3OSi/c10-6-13-14(7-11,8-12)9-4-2-1-3-5-9/h1-5H,6-8H2. The van der Waals surface area contributed by atoms with Crippen molar-refractivity contribution in [2.45, 2.75) is 0 Å². The molecule has 0 fully saturated rings. The molecule has 0 unspecified atom stereocenters. The van der Waals surface area contributed by atoms with Gasteiger partial charge in [0.15, 0.2) is 6.86 Å². The third-order valence-corrected chi connectivity index (χ3v) is 4.97. The first kappa shape index (κ1) is 11.3. The average Bonchev–Trinajstić information content (AvgIpc) is 2.27. The zero-order valence-electron chi connectivity index (χ0n) is 7.55. The summed E-state index contributed by atoms with van der Waals surface area (Å²) < 4.78 is 42.1. The fourth-order valence-corrected chi connectivity index (χ4v) is 2.91. The summed E-state index contributed by atoms with van der Waals surface area (Å²) in [6.45, 7) is -1.14. The molecule has 0 amide bonds. The van der Waals surface area contributed by atoms with Crippen molar-refractivity contribution in [1.29, 1.82) is 0 Å². The lowest BCUT2D eigenvalue weighted by molar-refractivity contribution is 0.173. The van der Waals surface area contributed by atoms with E-state index < -0.39 is 27.8 Å². The van der Waals surface area contributed by atoms with E-state index in [0.29, 0.717) is 5.19 Å². The summed E-state index contributed by atoms with van der Waals surface area (Å²) in [6.07, 6.45) is -1.89. The number of hydrogen-bond donors (Lipinski definition) is 0. The Hall–Kier alpha value is -0.813. The van der Waals surface area contributed by atoms with Gasteiger partial charge in [0.1, 0.15) is 12.6 Å². The van der Waals surface area contributed by atoms with Crippen molar-refractivity contribution in [3.8, 4) is 0 Å². The maximum absolute atomic E-state index is 12.7. The second-order valence-electron chi connectivity index (χ2n) is 2.88. The highest BCUT2D eigenvalue weighted by atomic mass is 28.4. The van der Waals surface area contributed by atoms with Crippen molar-refractivity contribution in [1.82, 2.24) is 0 Å². The van der Waals surface area contributed by atoms with Crippen LogP contribution in [0.2, 0.25) is 0 Å². The molecule has 0 spiro atoms. The molecule has 0 aromatic heterocycles. The third-order valence-electron chi connectivity index (χ3n) is 2.06. The van der Waals surface area contributed by atoms with Crippen molar-refractivity contribution >= 4 is 13.5 Å². The Labute approximate surface area is 81.6 Å². The van der Waals surface area contributed by atoms with Gasteiger partial charge in [0.25, 0.3) is 8.32 Å². The van der Waals surface area contributed by atoms with E-state index in [-0.39, 0.29) is 0 Å². The number of hydrogen-bond acceptors (Lipinski definition) is 1. The summed E-state index contributed by atoms with van der Waals surface area (Å²) in [5.74, 6) is 0. The molecule has 14 heavy (non-hydrogen) atoms. The van der Waals surface area contributed by atoms with E-state index in [4.69, 9.17) is 0 Å². The molecule has 0 radical (unpaired) electrons. The van der Waals surface area contributed by atoms with Gasteiger partial charge in [-0.15, -0.1) is 0 Å². The van der Waals surface area contributed by atoms with Crippen LogP contribution in [-0.2, 0) is 4.43 Å². The Morgan fingerprint density at radius 3 is 2.00 bits per heavy atom. The van der Waals surface area contributed by atoms with Crippen LogP contribution < -0.4 is 5.19 Å². The van der Waals surface area contributed by atoms with E-state index in [1.807, 2.05) is 0 Å². The molecule has 1 aromatic rings. The van der Waals surface area contributed by atoms with Crippen molar-refractivity contribution < 1.29 is 17.6 Å². The molecule has 0 aliphatic rings. The monoisotopic (exact) mass is 220 g/mol. The van der Waals surface area contributed by atoms with E-state index in [9.17, 15) is 13.2 Å². The largest absolute Gasteiger partial charge is 0.381 e. The molecule has 0 heterocycles. The van der Waals surface area contributed by atoms with Crippen molar-refractivity contribution in [2.24, 2.45) is 0 Å². The fraction of sp³-hybridized carbons (Fsp3) is 0.333. The van der Waals surface area contributed by atoms with Crippen molar-refractivity contribution in [3.05, 3.63) is 30.3 Å². The molecule has 0 saturated heterocycles. The minimum Gasteiger partial charge on any atom is -0.381 e. The van der Waals surface area contributed by atoms with E-state index in [0.717, 1.165) is 0 Å². The van der Waals surface area contributed by atoms with Crippen LogP contribution in [0.4, 0.5) is 13.2 Å². The Morgan fingerprint density at radius 1 is 1.00 bits per heavy atom. The predicted octanol–water partition coefficient (Wildman–Crippen LogP) is 1.80. The normalized spacial score (nSPS) is 11.6. The van der Waals surface area contributed by atoms with Gasteiger partial charge in [0.05, 0.1) is 0 Å². The Bertz CT molecular complexity index is 264. The molecule has 0 bridgehead atoms. The Kier molecular flexibility index (Phi) is 4.15. The summed E-state index contributed by atoms with van der Waals surface area (Å²) in [4.78, 5) is 0. The van der Waals surface area contributed by atoms with Gasteiger partial charge in [0, 0.05) is 0 Å². The first-order valence-electron chi connectivity index (χ1n) is 4.16. The van der Waals surface area contributed by atoms with Gasteiger partial charge < -0.3 is 4.43 Å². The number of halogens is 3.